The molecule has 3 nitrogen and oxygen atoms in total. The summed E-state index contributed by atoms with van der Waals surface area (Å²) in [5.41, 5.74) is 0.468. The molecular formula is C13H15BrFNO2. The molecule has 1 saturated heterocycles. The zero-order valence-corrected chi connectivity index (χ0v) is 11.5. The summed E-state index contributed by atoms with van der Waals surface area (Å²) in [6.07, 6.45) is 1.85. The molecule has 1 atom stereocenters. The molecule has 1 aliphatic rings. The van der Waals surface area contributed by atoms with Gasteiger partial charge in [0, 0.05) is 24.2 Å². The Hall–Kier alpha value is -0.940. The summed E-state index contributed by atoms with van der Waals surface area (Å²) in [5, 5.41) is 9.16. The Morgan fingerprint density at radius 1 is 1.56 bits per heavy atom. The molecule has 5 heteroatoms. The predicted octanol–water partition coefficient (Wildman–Crippen LogP) is 2.43. The first-order valence-corrected chi connectivity index (χ1v) is 6.76. The largest absolute Gasteiger partial charge is 0.396 e. The van der Waals surface area contributed by atoms with Crippen molar-refractivity contribution in [2.45, 2.75) is 12.8 Å². The topological polar surface area (TPSA) is 40.5 Å². The SMILES string of the molecule is O=C(c1ccc(F)cc1Br)N1CCCC(CO)C1. The molecule has 1 aromatic carbocycles. The number of aliphatic hydroxyl groups is 1. The molecule has 18 heavy (non-hydrogen) atoms. The Kier molecular flexibility index (Phi) is 4.35. The van der Waals surface area contributed by atoms with E-state index in [9.17, 15) is 9.18 Å². The van der Waals surface area contributed by atoms with Crippen molar-refractivity contribution in [2.75, 3.05) is 19.7 Å². The molecule has 1 N–H and O–H groups in total. The van der Waals surface area contributed by atoms with E-state index in [-0.39, 0.29) is 24.2 Å². The van der Waals surface area contributed by atoms with Crippen LogP contribution in [0.4, 0.5) is 4.39 Å². The van der Waals surface area contributed by atoms with Crippen LogP contribution >= 0.6 is 15.9 Å². The van der Waals surface area contributed by atoms with E-state index >= 15 is 0 Å². The maximum atomic E-state index is 13.0. The number of halogens is 2. The van der Waals surface area contributed by atoms with Gasteiger partial charge in [0.1, 0.15) is 5.82 Å². The standard InChI is InChI=1S/C13H15BrFNO2/c14-12-6-10(15)3-4-11(12)13(18)16-5-1-2-9(7-16)8-17/h3-4,6,9,17H,1-2,5,7-8H2. The first kappa shape index (κ1) is 13.5. The maximum Gasteiger partial charge on any atom is 0.255 e. The van der Waals surface area contributed by atoms with Gasteiger partial charge in [-0.15, -0.1) is 0 Å². The van der Waals surface area contributed by atoms with Crippen LogP contribution in [0.15, 0.2) is 22.7 Å². The Balaban J connectivity index is 2.15. The van der Waals surface area contributed by atoms with Crippen LogP contribution in [-0.4, -0.2) is 35.6 Å². The fourth-order valence-corrected chi connectivity index (χ4v) is 2.75. The zero-order valence-electron chi connectivity index (χ0n) is 9.90. The molecule has 1 unspecified atom stereocenters. The number of piperidine rings is 1. The van der Waals surface area contributed by atoms with Gasteiger partial charge in [0.05, 0.1) is 5.56 Å². The summed E-state index contributed by atoms with van der Waals surface area (Å²) in [4.78, 5) is 14.0. The highest BCUT2D eigenvalue weighted by Crippen LogP contribution is 2.23. The molecule has 1 fully saturated rings. The molecule has 0 aliphatic carbocycles. The van der Waals surface area contributed by atoms with Crippen molar-refractivity contribution in [1.29, 1.82) is 0 Å². The number of likely N-dealkylation sites (tertiary alicyclic amines) is 1. The molecule has 1 heterocycles. The molecule has 0 saturated carbocycles. The molecule has 1 aromatic rings. The highest BCUT2D eigenvalue weighted by molar-refractivity contribution is 9.10. The third-order valence-corrected chi connectivity index (χ3v) is 3.88. The quantitative estimate of drug-likeness (QED) is 0.910. The van der Waals surface area contributed by atoms with Gasteiger partial charge in [0.15, 0.2) is 0 Å². The average molecular weight is 316 g/mol. The predicted molar refractivity (Wildman–Crippen MR) is 69.8 cm³/mol. The number of aliphatic hydroxyl groups excluding tert-OH is 1. The van der Waals surface area contributed by atoms with Crippen LogP contribution in [0.5, 0.6) is 0 Å². The second-order valence-electron chi connectivity index (χ2n) is 4.57. The van der Waals surface area contributed by atoms with Gasteiger partial charge in [0.25, 0.3) is 5.91 Å². The first-order valence-electron chi connectivity index (χ1n) is 5.97. The molecule has 0 radical (unpaired) electrons. The van der Waals surface area contributed by atoms with E-state index in [1.807, 2.05) is 0 Å². The number of benzene rings is 1. The number of carbonyl (C=O) groups excluding carboxylic acids is 1. The number of nitrogens with zero attached hydrogens (tertiary/aromatic N) is 1. The van der Waals surface area contributed by atoms with Crippen LogP contribution in [-0.2, 0) is 0 Å². The highest BCUT2D eigenvalue weighted by Gasteiger charge is 2.25. The smallest absolute Gasteiger partial charge is 0.255 e. The van der Waals surface area contributed by atoms with Crippen molar-refractivity contribution in [2.24, 2.45) is 5.92 Å². The van der Waals surface area contributed by atoms with E-state index in [0.717, 1.165) is 12.8 Å². The number of amides is 1. The van der Waals surface area contributed by atoms with Crippen LogP contribution in [0.2, 0.25) is 0 Å². The van der Waals surface area contributed by atoms with Crippen molar-refractivity contribution < 1.29 is 14.3 Å². The van der Waals surface area contributed by atoms with Gasteiger partial charge in [-0.2, -0.15) is 0 Å². The lowest BCUT2D eigenvalue weighted by Crippen LogP contribution is -2.41. The second-order valence-corrected chi connectivity index (χ2v) is 5.42. The molecule has 1 aliphatic heterocycles. The molecule has 1 amide bonds. The number of hydrogen-bond donors (Lipinski definition) is 1. The lowest BCUT2D eigenvalue weighted by Gasteiger charge is -2.32. The summed E-state index contributed by atoms with van der Waals surface area (Å²) in [7, 11) is 0. The third-order valence-electron chi connectivity index (χ3n) is 3.23. The Bertz CT molecular complexity index is 453. The van der Waals surface area contributed by atoms with Gasteiger partial charge in [-0.25, -0.2) is 4.39 Å². The van der Waals surface area contributed by atoms with E-state index in [1.54, 1.807) is 4.90 Å². The van der Waals surface area contributed by atoms with Crippen LogP contribution in [0.25, 0.3) is 0 Å². The zero-order chi connectivity index (χ0) is 13.1. The van der Waals surface area contributed by atoms with Crippen molar-refractivity contribution in [3.8, 4) is 0 Å². The van der Waals surface area contributed by atoms with E-state index in [0.29, 0.717) is 23.1 Å². The number of rotatable bonds is 2. The summed E-state index contributed by atoms with van der Waals surface area (Å²) < 4.78 is 13.5. The van der Waals surface area contributed by atoms with Crippen molar-refractivity contribution in [3.05, 3.63) is 34.1 Å². The van der Waals surface area contributed by atoms with Crippen molar-refractivity contribution >= 4 is 21.8 Å². The summed E-state index contributed by atoms with van der Waals surface area (Å²) in [5.74, 6) is -0.327. The Morgan fingerprint density at radius 2 is 2.33 bits per heavy atom. The lowest BCUT2D eigenvalue weighted by atomic mass is 9.98. The molecule has 98 valence electrons. The normalized spacial score (nSPS) is 19.9. The summed E-state index contributed by atoms with van der Waals surface area (Å²) >= 11 is 3.21. The summed E-state index contributed by atoms with van der Waals surface area (Å²) in [6, 6.07) is 4.07. The second kappa shape index (κ2) is 5.80. The van der Waals surface area contributed by atoms with Gasteiger partial charge >= 0.3 is 0 Å². The van der Waals surface area contributed by atoms with Crippen LogP contribution in [0.3, 0.4) is 0 Å². The minimum atomic E-state index is -0.370. The molecule has 0 spiro atoms. The lowest BCUT2D eigenvalue weighted by molar-refractivity contribution is 0.0620. The van der Waals surface area contributed by atoms with E-state index in [2.05, 4.69) is 15.9 Å². The van der Waals surface area contributed by atoms with Gasteiger partial charge in [-0.05, 0) is 52.9 Å². The van der Waals surface area contributed by atoms with Crippen LogP contribution in [0.1, 0.15) is 23.2 Å². The molecular weight excluding hydrogens is 301 g/mol. The minimum Gasteiger partial charge on any atom is -0.396 e. The Morgan fingerprint density at radius 3 is 3.00 bits per heavy atom. The van der Waals surface area contributed by atoms with E-state index < -0.39 is 0 Å². The van der Waals surface area contributed by atoms with Gasteiger partial charge in [-0.1, -0.05) is 0 Å². The third kappa shape index (κ3) is 2.90. The molecule has 2 rings (SSSR count). The van der Waals surface area contributed by atoms with Crippen LogP contribution in [0, 0.1) is 11.7 Å². The van der Waals surface area contributed by atoms with Crippen molar-refractivity contribution in [3.63, 3.8) is 0 Å². The number of hydrogen-bond acceptors (Lipinski definition) is 2. The van der Waals surface area contributed by atoms with Crippen LogP contribution < -0.4 is 0 Å². The van der Waals surface area contributed by atoms with Crippen molar-refractivity contribution in [1.82, 2.24) is 4.90 Å². The fraction of sp³-hybridized carbons (Fsp3) is 0.462. The highest BCUT2D eigenvalue weighted by atomic mass is 79.9. The minimum absolute atomic E-state index is 0.106. The van der Waals surface area contributed by atoms with Gasteiger partial charge < -0.3 is 10.0 Å². The van der Waals surface area contributed by atoms with Gasteiger partial charge in [0.2, 0.25) is 0 Å². The summed E-state index contributed by atoms with van der Waals surface area (Å²) in [6.45, 7) is 1.37. The number of carbonyl (C=O) groups is 1. The molecule has 0 bridgehead atoms. The fourth-order valence-electron chi connectivity index (χ4n) is 2.23. The van der Waals surface area contributed by atoms with E-state index in [4.69, 9.17) is 5.11 Å². The first-order chi connectivity index (χ1) is 8.61. The maximum absolute atomic E-state index is 13.0. The Labute approximate surface area is 114 Å². The molecule has 0 aromatic heterocycles. The van der Waals surface area contributed by atoms with E-state index in [1.165, 1.54) is 18.2 Å². The monoisotopic (exact) mass is 315 g/mol. The van der Waals surface area contributed by atoms with Gasteiger partial charge in [-0.3, -0.25) is 4.79 Å². The average Bonchev–Trinajstić information content (AvgIpc) is 2.38.